The first-order chi connectivity index (χ1) is 8.32. The van der Waals surface area contributed by atoms with Crippen LogP contribution in [0.1, 0.15) is 46.0 Å². The maximum Gasteiger partial charge on any atom is 0.303 e. The molecular weight excluding hydrogens is 234 g/mol. The van der Waals surface area contributed by atoms with Crippen LogP contribution in [0.25, 0.3) is 0 Å². The number of ether oxygens (including phenoxy) is 1. The number of aliphatic carboxylic acids is 1. The second kappa shape index (κ2) is 6.18. The van der Waals surface area contributed by atoms with E-state index in [1.807, 2.05) is 0 Å². The molecule has 1 aliphatic carbocycles. The summed E-state index contributed by atoms with van der Waals surface area (Å²) < 4.78 is 5.25. The molecule has 1 aliphatic rings. The molecule has 0 heterocycles. The third kappa shape index (κ3) is 5.04. The van der Waals surface area contributed by atoms with Crippen LogP contribution in [0.15, 0.2) is 0 Å². The highest BCUT2D eigenvalue weighted by Gasteiger charge is 2.29. The molecule has 0 bridgehead atoms. The van der Waals surface area contributed by atoms with Gasteiger partial charge in [0.2, 0.25) is 5.91 Å². The minimum absolute atomic E-state index is 0.00574. The summed E-state index contributed by atoms with van der Waals surface area (Å²) in [5.41, 5.74) is -0.505. The fraction of sp³-hybridized carbons (Fsp3) is 0.846. The molecule has 0 aliphatic heterocycles. The normalized spacial score (nSPS) is 23.9. The van der Waals surface area contributed by atoms with Crippen molar-refractivity contribution in [3.05, 3.63) is 0 Å². The average Bonchev–Trinajstić information content (AvgIpc) is 2.61. The maximum atomic E-state index is 11.8. The van der Waals surface area contributed by atoms with Crippen molar-refractivity contribution >= 4 is 11.9 Å². The minimum Gasteiger partial charge on any atom is -0.481 e. The molecule has 0 aromatic heterocycles. The number of hydrogen-bond donors (Lipinski definition) is 2. The van der Waals surface area contributed by atoms with E-state index >= 15 is 0 Å². The number of carboxylic acids is 1. The van der Waals surface area contributed by atoms with E-state index < -0.39 is 11.4 Å². The van der Waals surface area contributed by atoms with E-state index in [0.717, 1.165) is 19.3 Å². The predicted octanol–water partition coefficient (Wildman–Crippen LogP) is 1.56. The quantitative estimate of drug-likeness (QED) is 0.757. The molecule has 1 saturated carbocycles. The topological polar surface area (TPSA) is 75.6 Å². The van der Waals surface area contributed by atoms with Gasteiger partial charge in [-0.25, -0.2) is 0 Å². The van der Waals surface area contributed by atoms with E-state index in [4.69, 9.17) is 9.84 Å². The van der Waals surface area contributed by atoms with Gasteiger partial charge in [-0.2, -0.15) is 0 Å². The second-order valence-corrected chi connectivity index (χ2v) is 5.85. The molecule has 2 atom stereocenters. The molecule has 0 spiro atoms. The van der Waals surface area contributed by atoms with Gasteiger partial charge in [-0.1, -0.05) is 13.8 Å². The molecule has 1 fully saturated rings. The number of carboxylic acid groups (broad SMARTS) is 1. The molecule has 1 amide bonds. The van der Waals surface area contributed by atoms with Crippen LogP contribution in [-0.2, 0) is 14.3 Å². The van der Waals surface area contributed by atoms with Crippen molar-refractivity contribution in [2.24, 2.45) is 5.41 Å². The second-order valence-electron chi connectivity index (χ2n) is 5.85. The zero-order valence-corrected chi connectivity index (χ0v) is 11.4. The highest BCUT2D eigenvalue weighted by Crippen LogP contribution is 2.26. The van der Waals surface area contributed by atoms with Crippen molar-refractivity contribution in [1.29, 1.82) is 0 Å². The van der Waals surface area contributed by atoms with Gasteiger partial charge in [0, 0.05) is 19.6 Å². The van der Waals surface area contributed by atoms with E-state index in [1.165, 1.54) is 0 Å². The summed E-state index contributed by atoms with van der Waals surface area (Å²) in [6, 6.07) is 0.170. The first-order valence-electron chi connectivity index (χ1n) is 6.36. The lowest BCUT2D eigenvalue weighted by Gasteiger charge is -2.23. The lowest BCUT2D eigenvalue weighted by atomic mass is 9.85. The lowest BCUT2D eigenvalue weighted by molar-refractivity contribution is -0.139. The fourth-order valence-electron chi connectivity index (χ4n) is 2.47. The van der Waals surface area contributed by atoms with Gasteiger partial charge < -0.3 is 15.2 Å². The number of carbonyl (C=O) groups is 2. The Morgan fingerprint density at radius 2 is 2.00 bits per heavy atom. The zero-order chi connectivity index (χ0) is 13.8. The van der Waals surface area contributed by atoms with Crippen LogP contribution in [0.3, 0.4) is 0 Å². The molecule has 0 aromatic rings. The third-order valence-electron chi connectivity index (χ3n) is 3.35. The van der Waals surface area contributed by atoms with E-state index in [1.54, 1.807) is 21.0 Å². The number of hydrogen-bond acceptors (Lipinski definition) is 3. The van der Waals surface area contributed by atoms with Crippen LogP contribution in [0.5, 0.6) is 0 Å². The van der Waals surface area contributed by atoms with Gasteiger partial charge in [0.1, 0.15) is 0 Å². The Morgan fingerprint density at radius 3 is 2.50 bits per heavy atom. The largest absolute Gasteiger partial charge is 0.481 e. The number of amides is 1. The molecule has 1 rings (SSSR count). The van der Waals surface area contributed by atoms with Crippen molar-refractivity contribution in [3.63, 3.8) is 0 Å². The Kier molecular flexibility index (Phi) is 5.14. The van der Waals surface area contributed by atoms with Crippen LogP contribution in [0, 0.1) is 5.41 Å². The van der Waals surface area contributed by atoms with Crippen LogP contribution in [0.2, 0.25) is 0 Å². The predicted molar refractivity (Wildman–Crippen MR) is 67.2 cm³/mol. The first kappa shape index (κ1) is 15.0. The van der Waals surface area contributed by atoms with Crippen molar-refractivity contribution < 1.29 is 19.4 Å². The Bertz CT molecular complexity index is 314. The Labute approximate surface area is 108 Å². The Balaban J connectivity index is 2.35. The van der Waals surface area contributed by atoms with E-state index in [0.29, 0.717) is 0 Å². The average molecular weight is 257 g/mol. The molecule has 5 nitrogen and oxygen atoms in total. The van der Waals surface area contributed by atoms with Crippen LogP contribution >= 0.6 is 0 Å². The number of carbonyl (C=O) groups excluding carboxylic acids is 1. The summed E-state index contributed by atoms with van der Waals surface area (Å²) >= 11 is 0. The fourth-order valence-corrected chi connectivity index (χ4v) is 2.47. The highest BCUT2D eigenvalue weighted by molar-refractivity contribution is 5.78. The summed E-state index contributed by atoms with van der Waals surface area (Å²) in [6.45, 7) is 3.60. The smallest absolute Gasteiger partial charge is 0.303 e. The van der Waals surface area contributed by atoms with Crippen LogP contribution in [0.4, 0.5) is 0 Å². The Morgan fingerprint density at radius 1 is 1.33 bits per heavy atom. The molecule has 5 heteroatoms. The van der Waals surface area contributed by atoms with Gasteiger partial charge in [-0.05, 0) is 24.7 Å². The molecular formula is C13H23NO4. The maximum absolute atomic E-state index is 11.8. The standard InChI is InChI=1S/C13H23NO4/c1-13(2,8-12(16)17)7-11(15)14-9-4-5-10(6-9)18-3/h9-10H,4-8H2,1-3H3,(H,14,15)(H,16,17). The molecule has 0 saturated heterocycles. The van der Waals surface area contributed by atoms with Crippen molar-refractivity contribution in [1.82, 2.24) is 5.32 Å². The summed E-state index contributed by atoms with van der Waals surface area (Å²) in [5, 5.41) is 11.7. The minimum atomic E-state index is -0.867. The van der Waals surface area contributed by atoms with Crippen LogP contribution < -0.4 is 5.32 Å². The number of rotatable bonds is 6. The SMILES string of the molecule is COC1CCC(NC(=O)CC(C)(C)CC(=O)O)C1. The summed E-state index contributed by atoms with van der Waals surface area (Å²) in [4.78, 5) is 22.5. The summed E-state index contributed by atoms with van der Waals surface area (Å²) in [5.74, 6) is -0.934. The van der Waals surface area contributed by atoms with Gasteiger partial charge in [0.25, 0.3) is 0 Å². The third-order valence-corrected chi connectivity index (χ3v) is 3.35. The van der Waals surface area contributed by atoms with E-state index in [2.05, 4.69) is 5.32 Å². The summed E-state index contributed by atoms with van der Waals surface area (Å²) in [6.07, 6.45) is 3.24. The highest BCUT2D eigenvalue weighted by atomic mass is 16.5. The van der Waals surface area contributed by atoms with E-state index in [9.17, 15) is 9.59 Å². The Hall–Kier alpha value is -1.10. The summed E-state index contributed by atoms with van der Waals surface area (Å²) in [7, 11) is 1.69. The zero-order valence-electron chi connectivity index (χ0n) is 11.4. The lowest BCUT2D eigenvalue weighted by Crippen LogP contribution is -2.36. The molecule has 18 heavy (non-hydrogen) atoms. The number of nitrogens with one attached hydrogen (secondary N) is 1. The monoisotopic (exact) mass is 257 g/mol. The van der Waals surface area contributed by atoms with Gasteiger partial charge >= 0.3 is 5.97 Å². The van der Waals surface area contributed by atoms with Gasteiger partial charge in [-0.3, -0.25) is 9.59 Å². The molecule has 104 valence electrons. The number of methoxy groups -OCH3 is 1. The van der Waals surface area contributed by atoms with Gasteiger partial charge in [-0.15, -0.1) is 0 Å². The van der Waals surface area contributed by atoms with E-state index in [-0.39, 0.29) is 30.9 Å². The molecule has 2 N–H and O–H groups in total. The van der Waals surface area contributed by atoms with Crippen LogP contribution in [-0.4, -0.2) is 36.2 Å². The van der Waals surface area contributed by atoms with Gasteiger partial charge in [0.05, 0.1) is 12.5 Å². The molecule has 0 radical (unpaired) electrons. The van der Waals surface area contributed by atoms with Crippen molar-refractivity contribution in [3.8, 4) is 0 Å². The van der Waals surface area contributed by atoms with Crippen molar-refractivity contribution in [2.75, 3.05) is 7.11 Å². The molecule has 0 aromatic carbocycles. The van der Waals surface area contributed by atoms with Crippen molar-refractivity contribution in [2.45, 2.75) is 58.1 Å². The molecule has 2 unspecified atom stereocenters. The first-order valence-corrected chi connectivity index (χ1v) is 6.36. The van der Waals surface area contributed by atoms with Gasteiger partial charge in [0.15, 0.2) is 0 Å².